The number of nitrogens with zero attached hydrogens (tertiary/aromatic N) is 1. The van der Waals surface area contributed by atoms with E-state index in [2.05, 4.69) is 45.1 Å². The van der Waals surface area contributed by atoms with E-state index in [9.17, 15) is 0 Å². The van der Waals surface area contributed by atoms with E-state index in [1.807, 2.05) is 0 Å². The van der Waals surface area contributed by atoms with E-state index in [4.69, 9.17) is 0 Å². The lowest BCUT2D eigenvalue weighted by molar-refractivity contribution is 0.332. The average Bonchev–Trinajstić information content (AvgIpc) is 1.87. The molecular weight excluding hydrogens is 136 g/mol. The standard InChI is InChI=1S/C9H22N2/c1-6-9(2,3)10-7-8-11(4)5/h10H,6-8H2,1-5H3. The minimum atomic E-state index is 0.302. The van der Waals surface area contributed by atoms with Crippen molar-refractivity contribution < 1.29 is 0 Å². The van der Waals surface area contributed by atoms with Gasteiger partial charge in [0.1, 0.15) is 0 Å². The summed E-state index contributed by atoms with van der Waals surface area (Å²) in [5.74, 6) is 0. The van der Waals surface area contributed by atoms with Gasteiger partial charge in [0.2, 0.25) is 0 Å². The summed E-state index contributed by atoms with van der Waals surface area (Å²) in [7, 11) is 4.20. The molecule has 0 aliphatic heterocycles. The van der Waals surface area contributed by atoms with E-state index >= 15 is 0 Å². The maximum absolute atomic E-state index is 3.50. The van der Waals surface area contributed by atoms with Gasteiger partial charge in [0.25, 0.3) is 0 Å². The predicted octanol–water partition coefficient (Wildman–Crippen LogP) is 1.33. The van der Waals surface area contributed by atoms with Crippen LogP contribution in [-0.2, 0) is 0 Å². The van der Waals surface area contributed by atoms with E-state index in [0.717, 1.165) is 13.1 Å². The molecule has 0 atom stereocenters. The van der Waals surface area contributed by atoms with Crippen molar-refractivity contribution in [3.63, 3.8) is 0 Å². The maximum atomic E-state index is 3.50. The van der Waals surface area contributed by atoms with Crippen LogP contribution in [0.1, 0.15) is 27.2 Å². The lowest BCUT2D eigenvalue weighted by Gasteiger charge is -2.25. The largest absolute Gasteiger partial charge is 0.311 e. The summed E-state index contributed by atoms with van der Waals surface area (Å²) < 4.78 is 0. The Morgan fingerprint density at radius 1 is 1.27 bits per heavy atom. The zero-order valence-electron chi connectivity index (χ0n) is 8.57. The van der Waals surface area contributed by atoms with E-state index in [0.29, 0.717) is 5.54 Å². The van der Waals surface area contributed by atoms with Gasteiger partial charge in [-0.25, -0.2) is 0 Å². The SMILES string of the molecule is CCC(C)(C)NCCN(C)C. The Bertz CT molecular complexity index is 97.7. The molecule has 0 aromatic heterocycles. The molecule has 2 heteroatoms. The Labute approximate surface area is 71.0 Å². The lowest BCUT2D eigenvalue weighted by Crippen LogP contribution is -2.41. The van der Waals surface area contributed by atoms with Crippen molar-refractivity contribution >= 4 is 0 Å². The third kappa shape index (κ3) is 6.32. The zero-order valence-corrected chi connectivity index (χ0v) is 8.57. The van der Waals surface area contributed by atoms with Crippen LogP contribution in [0.5, 0.6) is 0 Å². The van der Waals surface area contributed by atoms with Gasteiger partial charge in [-0.3, -0.25) is 0 Å². The summed E-state index contributed by atoms with van der Waals surface area (Å²) >= 11 is 0. The van der Waals surface area contributed by atoms with Crippen LogP contribution in [0.2, 0.25) is 0 Å². The van der Waals surface area contributed by atoms with Crippen molar-refractivity contribution in [2.45, 2.75) is 32.7 Å². The molecule has 0 unspecified atom stereocenters. The van der Waals surface area contributed by atoms with Gasteiger partial charge in [-0.05, 0) is 34.4 Å². The molecule has 0 saturated carbocycles. The van der Waals surface area contributed by atoms with Crippen molar-refractivity contribution in [1.29, 1.82) is 0 Å². The van der Waals surface area contributed by atoms with Gasteiger partial charge in [-0.15, -0.1) is 0 Å². The predicted molar refractivity (Wildman–Crippen MR) is 50.9 cm³/mol. The van der Waals surface area contributed by atoms with Gasteiger partial charge in [0.15, 0.2) is 0 Å². The minimum absolute atomic E-state index is 0.302. The molecule has 0 aromatic carbocycles. The number of nitrogens with one attached hydrogen (secondary N) is 1. The topological polar surface area (TPSA) is 15.3 Å². The number of hydrogen-bond donors (Lipinski definition) is 1. The second kappa shape index (κ2) is 4.73. The Kier molecular flexibility index (Phi) is 4.69. The lowest BCUT2D eigenvalue weighted by atomic mass is 10.0. The maximum Gasteiger partial charge on any atom is 0.0123 e. The van der Waals surface area contributed by atoms with Gasteiger partial charge in [0.05, 0.1) is 0 Å². The molecule has 0 aliphatic rings. The van der Waals surface area contributed by atoms with E-state index in [1.165, 1.54) is 6.42 Å². The molecule has 68 valence electrons. The summed E-state index contributed by atoms with van der Waals surface area (Å²) in [6.45, 7) is 8.88. The highest BCUT2D eigenvalue weighted by Crippen LogP contribution is 2.05. The summed E-state index contributed by atoms with van der Waals surface area (Å²) in [6.07, 6.45) is 1.18. The monoisotopic (exact) mass is 158 g/mol. The third-order valence-corrected chi connectivity index (χ3v) is 2.05. The molecule has 0 rings (SSSR count). The number of rotatable bonds is 5. The van der Waals surface area contributed by atoms with Gasteiger partial charge in [-0.2, -0.15) is 0 Å². The smallest absolute Gasteiger partial charge is 0.0123 e. The van der Waals surface area contributed by atoms with Crippen LogP contribution in [0.15, 0.2) is 0 Å². The summed E-state index contributed by atoms with van der Waals surface area (Å²) in [5, 5.41) is 3.50. The van der Waals surface area contributed by atoms with Crippen molar-refractivity contribution in [3.05, 3.63) is 0 Å². The van der Waals surface area contributed by atoms with Crippen molar-refractivity contribution in [1.82, 2.24) is 10.2 Å². The van der Waals surface area contributed by atoms with Crippen molar-refractivity contribution in [2.75, 3.05) is 27.2 Å². The molecule has 0 bridgehead atoms. The summed E-state index contributed by atoms with van der Waals surface area (Å²) in [6, 6.07) is 0. The highest BCUT2D eigenvalue weighted by atomic mass is 15.1. The molecule has 0 saturated heterocycles. The van der Waals surface area contributed by atoms with E-state index in [1.54, 1.807) is 0 Å². The van der Waals surface area contributed by atoms with Crippen LogP contribution in [0.3, 0.4) is 0 Å². The Balaban J connectivity index is 3.38. The highest BCUT2D eigenvalue weighted by Gasteiger charge is 2.12. The van der Waals surface area contributed by atoms with Crippen LogP contribution >= 0.6 is 0 Å². The first-order valence-electron chi connectivity index (χ1n) is 4.37. The van der Waals surface area contributed by atoms with Crippen LogP contribution in [0.4, 0.5) is 0 Å². The highest BCUT2D eigenvalue weighted by molar-refractivity contribution is 4.74. The van der Waals surface area contributed by atoms with Crippen LogP contribution in [-0.4, -0.2) is 37.6 Å². The van der Waals surface area contributed by atoms with Crippen LogP contribution in [0.25, 0.3) is 0 Å². The Hall–Kier alpha value is -0.0800. The summed E-state index contributed by atoms with van der Waals surface area (Å²) in [5.41, 5.74) is 0.302. The van der Waals surface area contributed by atoms with Crippen LogP contribution < -0.4 is 5.32 Å². The fourth-order valence-corrected chi connectivity index (χ4v) is 0.743. The second-order valence-corrected chi connectivity index (χ2v) is 3.97. The second-order valence-electron chi connectivity index (χ2n) is 3.97. The van der Waals surface area contributed by atoms with Gasteiger partial charge >= 0.3 is 0 Å². The average molecular weight is 158 g/mol. The fraction of sp³-hybridized carbons (Fsp3) is 1.00. The van der Waals surface area contributed by atoms with Gasteiger partial charge in [-0.1, -0.05) is 6.92 Å². The normalized spacial score (nSPS) is 12.5. The Morgan fingerprint density at radius 3 is 2.18 bits per heavy atom. The van der Waals surface area contributed by atoms with Gasteiger partial charge < -0.3 is 10.2 Å². The fourth-order valence-electron chi connectivity index (χ4n) is 0.743. The van der Waals surface area contributed by atoms with Crippen LogP contribution in [0, 0.1) is 0 Å². The molecule has 0 heterocycles. The molecule has 1 N–H and O–H groups in total. The van der Waals surface area contributed by atoms with Crippen molar-refractivity contribution in [3.8, 4) is 0 Å². The molecule has 0 aromatic rings. The zero-order chi connectivity index (χ0) is 8.91. The molecule has 0 amide bonds. The van der Waals surface area contributed by atoms with Gasteiger partial charge in [0, 0.05) is 18.6 Å². The van der Waals surface area contributed by atoms with Crippen molar-refractivity contribution in [2.24, 2.45) is 0 Å². The first-order valence-corrected chi connectivity index (χ1v) is 4.37. The van der Waals surface area contributed by atoms with E-state index in [-0.39, 0.29) is 0 Å². The molecule has 0 aliphatic carbocycles. The molecule has 2 nitrogen and oxygen atoms in total. The number of likely N-dealkylation sites (N-methyl/N-ethyl adjacent to an activating group) is 1. The Morgan fingerprint density at radius 2 is 1.82 bits per heavy atom. The molecule has 0 fully saturated rings. The molecular formula is C9H22N2. The molecule has 0 radical (unpaired) electrons. The first-order chi connectivity index (χ1) is 4.98. The number of hydrogen-bond acceptors (Lipinski definition) is 2. The third-order valence-electron chi connectivity index (χ3n) is 2.05. The molecule has 0 spiro atoms. The minimum Gasteiger partial charge on any atom is -0.311 e. The molecule has 11 heavy (non-hydrogen) atoms. The van der Waals surface area contributed by atoms with E-state index < -0.39 is 0 Å². The first kappa shape index (κ1) is 10.9. The summed E-state index contributed by atoms with van der Waals surface area (Å²) in [4.78, 5) is 2.19. The quantitative estimate of drug-likeness (QED) is 0.649.